The second-order valence-corrected chi connectivity index (χ2v) is 9.40. The first-order valence-electron chi connectivity index (χ1n) is 11.8. The van der Waals surface area contributed by atoms with Crippen molar-refractivity contribution in [3.63, 3.8) is 0 Å². The maximum atomic E-state index is 13.4. The van der Waals surface area contributed by atoms with Crippen LogP contribution in [0.3, 0.4) is 0 Å². The molecule has 5 nitrogen and oxygen atoms in total. The van der Waals surface area contributed by atoms with Gasteiger partial charge in [0.2, 0.25) is 11.8 Å². The van der Waals surface area contributed by atoms with Gasteiger partial charge in [-0.05, 0) is 80.0 Å². The van der Waals surface area contributed by atoms with Crippen LogP contribution in [-0.4, -0.2) is 17.7 Å². The molecular weight excluding hydrogens is 424 g/mol. The van der Waals surface area contributed by atoms with Crippen molar-refractivity contribution in [2.24, 2.45) is 11.8 Å². The van der Waals surface area contributed by atoms with Crippen molar-refractivity contribution in [2.45, 2.75) is 39.0 Å². The number of carbonyl (C=O) groups is 3. The van der Waals surface area contributed by atoms with E-state index in [1.807, 2.05) is 50.2 Å². The zero-order valence-corrected chi connectivity index (χ0v) is 19.5. The fourth-order valence-electron chi connectivity index (χ4n) is 5.33. The molecular formula is C29H28N2O3. The van der Waals surface area contributed by atoms with Crippen LogP contribution in [0.15, 0.2) is 72.8 Å². The topological polar surface area (TPSA) is 66.5 Å². The molecule has 3 aromatic rings. The molecule has 34 heavy (non-hydrogen) atoms. The molecule has 2 aliphatic rings. The van der Waals surface area contributed by atoms with Gasteiger partial charge in [0.25, 0.3) is 5.91 Å². The summed E-state index contributed by atoms with van der Waals surface area (Å²) in [5.41, 5.74) is 4.96. The van der Waals surface area contributed by atoms with E-state index in [1.165, 1.54) is 10.5 Å². The van der Waals surface area contributed by atoms with Crippen LogP contribution in [0.25, 0.3) is 0 Å². The second-order valence-electron chi connectivity index (χ2n) is 9.40. The number of rotatable bonds is 4. The molecule has 5 heteroatoms. The lowest BCUT2D eigenvalue weighted by Crippen LogP contribution is -2.31. The fraction of sp³-hybridized carbons (Fsp3) is 0.276. The van der Waals surface area contributed by atoms with Gasteiger partial charge in [-0.15, -0.1) is 0 Å². The molecule has 0 spiro atoms. The molecule has 3 amide bonds. The molecule has 2 fully saturated rings. The van der Waals surface area contributed by atoms with E-state index < -0.39 is 0 Å². The summed E-state index contributed by atoms with van der Waals surface area (Å²) < 4.78 is 0. The number of anilines is 2. The smallest absolute Gasteiger partial charge is 0.255 e. The Morgan fingerprint density at radius 2 is 1.59 bits per heavy atom. The summed E-state index contributed by atoms with van der Waals surface area (Å²) in [6.45, 7) is 3.96. The monoisotopic (exact) mass is 452 g/mol. The van der Waals surface area contributed by atoms with Crippen LogP contribution in [0, 0.1) is 25.7 Å². The highest BCUT2D eigenvalue weighted by Gasteiger charge is 2.50. The van der Waals surface area contributed by atoms with Crippen LogP contribution >= 0.6 is 0 Å². The average molecular weight is 453 g/mol. The Hall–Kier alpha value is -3.73. The molecule has 0 radical (unpaired) electrons. The second kappa shape index (κ2) is 8.90. The Bertz CT molecular complexity index is 1270. The highest BCUT2D eigenvalue weighted by Crippen LogP contribution is 2.45. The Morgan fingerprint density at radius 3 is 2.38 bits per heavy atom. The molecule has 3 atom stereocenters. The molecule has 3 unspecified atom stereocenters. The number of aryl methyl sites for hydroxylation is 1. The zero-order valence-electron chi connectivity index (χ0n) is 19.5. The van der Waals surface area contributed by atoms with Crippen LogP contribution in [0.1, 0.15) is 52.2 Å². The van der Waals surface area contributed by atoms with E-state index in [4.69, 9.17) is 0 Å². The number of nitrogens with one attached hydrogen (secondary N) is 1. The molecule has 1 saturated carbocycles. The maximum absolute atomic E-state index is 13.4. The summed E-state index contributed by atoms with van der Waals surface area (Å²) in [5, 5.41) is 2.95. The maximum Gasteiger partial charge on any atom is 0.255 e. The molecule has 1 heterocycles. The number of fused-ring (bicyclic) bond motifs is 1. The molecule has 1 aliphatic heterocycles. The minimum absolute atomic E-state index is 0.145. The standard InChI is InChI=1S/C29H28N2O3/c1-18-8-6-13-26(19(18)2)30-27(32)22-11-7-12-23(16-22)31-28(33)24-15-14-21(17-25(24)29(31)34)20-9-4-3-5-10-20/h3-13,16,21,24-25H,14-15,17H2,1-2H3,(H,30,32). The summed E-state index contributed by atoms with van der Waals surface area (Å²) >= 11 is 0. The van der Waals surface area contributed by atoms with Crippen molar-refractivity contribution in [3.8, 4) is 0 Å². The van der Waals surface area contributed by atoms with E-state index in [2.05, 4.69) is 17.4 Å². The van der Waals surface area contributed by atoms with Gasteiger partial charge in [0.05, 0.1) is 17.5 Å². The van der Waals surface area contributed by atoms with Gasteiger partial charge in [-0.25, -0.2) is 0 Å². The van der Waals surface area contributed by atoms with E-state index >= 15 is 0 Å². The number of benzene rings is 3. The van der Waals surface area contributed by atoms with Crippen molar-refractivity contribution in [2.75, 3.05) is 10.2 Å². The Labute approximate surface area is 199 Å². The zero-order chi connectivity index (χ0) is 23.8. The highest BCUT2D eigenvalue weighted by atomic mass is 16.2. The van der Waals surface area contributed by atoms with Gasteiger partial charge in [-0.3, -0.25) is 19.3 Å². The van der Waals surface area contributed by atoms with Crippen molar-refractivity contribution < 1.29 is 14.4 Å². The Balaban J connectivity index is 1.37. The van der Waals surface area contributed by atoms with Crippen molar-refractivity contribution in [1.29, 1.82) is 0 Å². The molecule has 3 aromatic carbocycles. The first kappa shape index (κ1) is 22.1. The number of hydrogen-bond donors (Lipinski definition) is 1. The molecule has 1 saturated heterocycles. The highest BCUT2D eigenvalue weighted by molar-refractivity contribution is 6.22. The lowest BCUT2D eigenvalue weighted by Gasteiger charge is -2.28. The van der Waals surface area contributed by atoms with E-state index in [-0.39, 0.29) is 35.5 Å². The van der Waals surface area contributed by atoms with Crippen LogP contribution in [-0.2, 0) is 9.59 Å². The van der Waals surface area contributed by atoms with Crippen LogP contribution in [0.2, 0.25) is 0 Å². The summed E-state index contributed by atoms with van der Waals surface area (Å²) in [6, 6.07) is 22.8. The van der Waals surface area contributed by atoms with Crippen molar-refractivity contribution >= 4 is 29.1 Å². The minimum atomic E-state index is -0.307. The molecule has 5 rings (SSSR count). The lowest BCUT2D eigenvalue weighted by atomic mass is 9.73. The number of carbonyl (C=O) groups excluding carboxylic acids is 3. The summed E-state index contributed by atoms with van der Waals surface area (Å²) in [7, 11) is 0. The largest absolute Gasteiger partial charge is 0.322 e. The third-order valence-corrected chi connectivity index (χ3v) is 7.42. The predicted molar refractivity (Wildman–Crippen MR) is 133 cm³/mol. The molecule has 172 valence electrons. The van der Waals surface area contributed by atoms with E-state index in [0.29, 0.717) is 24.1 Å². The first-order valence-corrected chi connectivity index (χ1v) is 11.8. The lowest BCUT2D eigenvalue weighted by molar-refractivity contribution is -0.122. The quantitative estimate of drug-likeness (QED) is 0.522. The Kier molecular flexibility index (Phi) is 5.78. The SMILES string of the molecule is Cc1cccc(NC(=O)c2cccc(N3C(=O)C4CCC(c5ccccc5)CC4C3=O)c2)c1C. The van der Waals surface area contributed by atoms with Crippen molar-refractivity contribution in [1.82, 2.24) is 0 Å². The van der Waals surface area contributed by atoms with Gasteiger partial charge in [-0.1, -0.05) is 48.5 Å². The normalized spacial score (nSPS) is 21.9. The van der Waals surface area contributed by atoms with Crippen molar-refractivity contribution in [3.05, 3.63) is 95.1 Å². The average Bonchev–Trinajstić information content (AvgIpc) is 3.11. The van der Waals surface area contributed by atoms with Crippen LogP contribution < -0.4 is 10.2 Å². The summed E-state index contributed by atoms with van der Waals surface area (Å²) in [6.07, 6.45) is 2.29. The molecule has 1 aliphatic carbocycles. The summed E-state index contributed by atoms with van der Waals surface area (Å²) in [4.78, 5) is 40.9. The number of amides is 3. The van der Waals surface area contributed by atoms with Crippen LogP contribution in [0.5, 0.6) is 0 Å². The molecule has 1 N–H and O–H groups in total. The predicted octanol–water partition coefficient (Wildman–Crippen LogP) is 5.63. The van der Waals surface area contributed by atoms with Gasteiger partial charge in [0, 0.05) is 11.3 Å². The molecule has 0 aromatic heterocycles. The first-order chi connectivity index (χ1) is 16.4. The number of imide groups is 1. The van der Waals surface area contributed by atoms with Crippen LogP contribution in [0.4, 0.5) is 11.4 Å². The van der Waals surface area contributed by atoms with Gasteiger partial charge in [0.1, 0.15) is 0 Å². The van der Waals surface area contributed by atoms with Gasteiger partial charge in [0.15, 0.2) is 0 Å². The van der Waals surface area contributed by atoms with E-state index in [0.717, 1.165) is 23.2 Å². The number of hydrogen-bond acceptors (Lipinski definition) is 3. The molecule has 0 bridgehead atoms. The third-order valence-electron chi connectivity index (χ3n) is 7.42. The van der Waals surface area contributed by atoms with Gasteiger partial charge >= 0.3 is 0 Å². The third kappa shape index (κ3) is 3.92. The number of nitrogens with zero attached hydrogens (tertiary/aromatic N) is 1. The van der Waals surface area contributed by atoms with Gasteiger partial charge < -0.3 is 5.32 Å². The summed E-state index contributed by atoms with van der Waals surface area (Å²) in [5.74, 6) is -0.861. The fourth-order valence-corrected chi connectivity index (χ4v) is 5.33. The van der Waals surface area contributed by atoms with E-state index in [1.54, 1.807) is 24.3 Å². The van der Waals surface area contributed by atoms with E-state index in [9.17, 15) is 14.4 Å². The Morgan fingerprint density at radius 1 is 0.853 bits per heavy atom. The minimum Gasteiger partial charge on any atom is -0.322 e. The van der Waals surface area contributed by atoms with Gasteiger partial charge in [-0.2, -0.15) is 0 Å².